The maximum Gasteiger partial charge on any atom is 0.387 e. The Morgan fingerprint density at radius 1 is 1.26 bits per heavy atom. The lowest BCUT2D eigenvalue weighted by atomic mass is 9.85. The van der Waals surface area contributed by atoms with Gasteiger partial charge in [0.25, 0.3) is 0 Å². The molecule has 0 atom stereocenters. The second-order valence-electron chi connectivity index (χ2n) is 7.31. The minimum absolute atomic E-state index is 0.133. The first-order chi connectivity index (χ1) is 14.8. The van der Waals surface area contributed by atoms with E-state index >= 15 is 0 Å². The Morgan fingerprint density at radius 3 is 2.55 bits per heavy atom. The van der Waals surface area contributed by atoms with Crippen LogP contribution in [0.2, 0.25) is 0 Å². The summed E-state index contributed by atoms with van der Waals surface area (Å²) >= 11 is 3.15. The zero-order chi connectivity index (χ0) is 22.5. The number of urea groups is 1. The zero-order valence-corrected chi connectivity index (χ0v) is 18.3. The Labute approximate surface area is 186 Å². The number of aromatic nitrogens is 1. The van der Waals surface area contributed by atoms with Crippen LogP contribution in [0.25, 0.3) is 0 Å². The summed E-state index contributed by atoms with van der Waals surface area (Å²) in [5, 5.41) is 11.9. The molecule has 0 unspecified atom stereocenters. The highest BCUT2D eigenvalue weighted by atomic mass is 79.9. The molecule has 0 radical (unpaired) electrons. The lowest BCUT2D eigenvalue weighted by molar-refractivity contribution is -0.142. The van der Waals surface area contributed by atoms with Gasteiger partial charge in [0.05, 0.1) is 5.92 Å². The first-order valence-corrected chi connectivity index (χ1v) is 10.5. The molecule has 166 valence electrons. The molecule has 1 aliphatic rings. The van der Waals surface area contributed by atoms with Crippen molar-refractivity contribution in [2.45, 2.75) is 45.3 Å². The molecular weight excluding hydrogens is 476 g/mol. The highest BCUT2D eigenvalue weighted by molar-refractivity contribution is 9.10. The van der Waals surface area contributed by atoms with Crippen molar-refractivity contribution in [3.8, 4) is 5.75 Å². The number of nitrogens with zero attached hydrogens (tertiary/aromatic N) is 2. The zero-order valence-electron chi connectivity index (χ0n) is 16.7. The molecule has 2 aromatic rings. The Hall–Kier alpha value is -2.75. The Bertz CT molecular complexity index is 952. The number of amides is 2. The van der Waals surface area contributed by atoms with Gasteiger partial charge in [0.15, 0.2) is 11.6 Å². The average molecular weight is 498 g/mol. The minimum atomic E-state index is -3.08. The number of rotatable bonds is 6. The molecule has 31 heavy (non-hydrogen) atoms. The van der Waals surface area contributed by atoms with Gasteiger partial charge in [0.1, 0.15) is 0 Å². The molecule has 7 nitrogen and oxygen atoms in total. The number of anilines is 2. The number of carboxylic acid groups (broad SMARTS) is 1. The van der Waals surface area contributed by atoms with Crippen LogP contribution in [-0.2, 0) is 4.79 Å². The summed E-state index contributed by atoms with van der Waals surface area (Å²) in [4.78, 5) is 30.2. The number of alkyl halides is 2. The van der Waals surface area contributed by atoms with Crippen molar-refractivity contribution in [3.63, 3.8) is 0 Å². The van der Waals surface area contributed by atoms with Crippen LogP contribution >= 0.6 is 15.9 Å². The molecule has 1 saturated carbocycles. The van der Waals surface area contributed by atoms with Crippen molar-refractivity contribution in [2.75, 3.05) is 10.2 Å². The standard InChI is InChI=1S/C21H22BrF2N3O4/c1-12-4-2-3-5-16(12)27(15-8-6-13(7-9-15)19(28)29)21(30)26-18-17(31-20(23)24)10-14(22)11-25-18/h2-5,10-11,13,15,20H,6-9H2,1H3,(H,28,29)(H,25,26,30). The number of hydrogen-bond acceptors (Lipinski definition) is 4. The number of nitrogens with one attached hydrogen (secondary N) is 1. The molecule has 0 bridgehead atoms. The van der Waals surface area contributed by atoms with Gasteiger partial charge in [0, 0.05) is 28.5 Å². The molecule has 3 rings (SSSR count). The molecule has 2 amide bonds. The van der Waals surface area contributed by atoms with Crippen molar-refractivity contribution < 1.29 is 28.2 Å². The van der Waals surface area contributed by atoms with Gasteiger partial charge in [-0.3, -0.25) is 15.0 Å². The van der Waals surface area contributed by atoms with Crippen LogP contribution in [0.15, 0.2) is 41.0 Å². The summed E-state index contributed by atoms with van der Waals surface area (Å²) in [6, 6.07) is 7.81. The fourth-order valence-corrected chi connectivity index (χ4v) is 4.06. The first-order valence-electron chi connectivity index (χ1n) is 9.75. The van der Waals surface area contributed by atoms with Crippen molar-refractivity contribution in [1.29, 1.82) is 0 Å². The predicted octanol–water partition coefficient (Wildman–Crippen LogP) is 5.44. The number of para-hydroxylation sites is 1. The van der Waals surface area contributed by atoms with Crippen LogP contribution in [-0.4, -0.2) is 34.7 Å². The summed E-state index contributed by atoms with van der Waals surface area (Å²) in [7, 11) is 0. The molecule has 1 aromatic carbocycles. The smallest absolute Gasteiger partial charge is 0.387 e. The normalized spacial score (nSPS) is 18.5. The lowest BCUT2D eigenvalue weighted by Crippen LogP contribution is -2.46. The van der Waals surface area contributed by atoms with Crippen molar-refractivity contribution in [1.82, 2.24) is 4.98 Å². The molecule has 1 heterocycles. The Balaban J connectivity index is 1.89. The number of hydrogen-bond donors (Lipinski definition) is 2. The van der Waals surface area contributed by atoms with Gasteiger partial charge in [-0.25, -0.2) is 9.78 Å². The van der Waals surface area contributed by atoms with E-state index in [2.05, 4.69) is 31.0 Å². The van der Waals surface area contributed by atoms with Gasteiger partial charge in [-0.05, 0) is 60.2 Å². The van der Waals surface area contributed by atoms with Gasteiger partial charge in [-0.2, -0.15) is 8.78 Å². The molecule has 1 aromatic heterocycles. The molecule has 10 heteroatoms. The maximum atomic E-state index is 13.3. The quantitative estimate of drug-likeness (QED) is 0.554. The number of benzene rings is 1. The first kappa shape index (κ1) is 22.9. The van der Waals surface area contributed by atoms with E-state index in [1.54, 1.807) is 17.0 Å². The van der Waals surface area contributed by atoms with E-state index in [9.17, 15) is 23.5 Å². The van der Waals surface area contributed by atoms with E-state index in [1.807, 2.05) is 19.1 Å². The Morgan fingerprint density at radius 2 is 1.94 bits per heavy atom. The van der Waals surface area contributed by atoms with E-state index in [4.69, 9.17) is 0 Å². The molecular formula is C21H22BrF2N3O4. The van der Waals surface area contributed by atoms with Crippen LogP contribution < -0.4 is 15.0 Å². The number of aryl methyl sites for hydroxylation is 1. The van der Waals surface area contributed by atoms with Gasteiger partial charge >= 0.3 is 18.6 Å². The molecule has 0 spiro atoms. The summed E-state index contributed by atoms with van der Waals surface area (Å²) in [5.41, 5.74) is 1.51. The topological polar surface area (TPSA) is 91.8 Å². The maximum absolute atomic E-state index is 13.3. The fraction of sp³-hybridized carbons (Fsp3) is 0.381. The van der Waals surface area contributed by atoms with Crippen LogP contribution in [0.5, 0.6) is 5.75 Å². The van der Waals surface area contributed by atoms with Crippen LogP contribution in [0, 0.1) is 12.8 Å². The highest BCUT2D eigenvalue weighted by Crippen LogP contribution is 2.34. The lowest BCUT2D eigenvalue weighted by Gasteiger charge is -2.36. The monoisotopic (exact) mass is 497 g/mol. The highest BCUT2D eigenvalue weighted by Gasteiger charge is 2.33. The average Bonchev–Trinajstić information content (AvgIpc) is 2.71. The summed E-state index contributed by atoms with van der Waals surface area (Å²) in [6.45, 7) is -1.22. The van der Waals surface area contributed by atoms with Crippen LogP contribution in [0.1, 0.15) is 31.2 Å². The van der Waals surface area contributed by atoms with E-state index in [1.165, 1.54) is 12.3 Å². The summed E-state index contributed by atoms with van der Waals surface area (Å²) in [6.07, 6.45) is 3.28. The van der Waals surface area contributed by atoms with E-state index in [0.29, 0.717) is 35.8 Å². The van der Waals surface area contributed by atoms with Crippen LogP contribution in [0.4, 0.5) is 25.1 Å². The number of carbonyl (C=O) groups is 2. The fourth-order valence-electron chi connectivity index (χ4n) is 3.75. The molecule has 1 fully saturated rings. The second-order valence-corrected chi connectivity index (χ2v) is 8.22. The predicted molar refractivity (Wildman–Crippen MR) is 115 cm³/mol. The molecule has 2 N–H and O–H groups in total. The number of ether oxygens (including phenoxy) is 1. The van der Waals surface area contributed by atoms with E-state index < -0.39 is 24.5 Å². The number of pyridine rings is 1. The Kier molecular flexibility index (Phi) is 7.42. The molecule has 0 saturated heterocycles. The number of aliphatic carboxylic acids is 1. The van der Waals surface area contributed by atoms with Crippen molar-refractivity contribution in [2.24, 2.45) is 5.92 Å². The third kappa shape index (κ3) is 5.69. The van der Waals surface area contributed by atoms with Gasteiger partial charge in [0.2, 0.25) is 0 Å². The summed E-state index contributed by atoms with van der Waals surface area (Å²) < 4.78 is 30.5. The van der Waals surface area contributed by atoms with Gasteiger partial charge in [-0.1, -0.05) is 18.2 Å². The minimum Gasteiger partial charge on any atom is -0.481 e. The summed E-state index contributed by atoms with van der Waals surface area (Å²) in [5.74, 6) is -1.67. The van der Waals surface area contributed by atoms with E-state index in [-0.39, 0.29) is 17.6 Å². The third-order valence-electron chi connectivity index (χ3n) is 5.27. The van der Waals surface area contributed by atoms with Crippen molar-refractivity contribution in [3.05, 3.63) is 46.6 Å². The number of carbonyl (C=O) groups excluding carboxylic acids is 1. The van der Waals surface area contributed by atoms with Crippen LogP contribution in [0.3, 0.4) is 0 Å². The van der Waals surface area contributed by atoms with Gasteiger partial charge in [-0.15, -0.1) is 0 Å². The number of halogens is 3. The second kappa shape index (κ2) is 10.0. The third-order valence-corrected chi connectivity index (χ3v) is 5.70. The molecule has 0 aliphatic heterocycles. The SMILES string of the molecule is Cc1ccccc1N(C(=O)Nc1ncc(Br)cc1OC(F)F)C1CCC(C(=O)O)CC1. The van der Waals surface area contributed by atoms with E-state index in [0.717, 1.165) is 5.56 Å². The van der Waals surface area contributed by atoms with Crippen molar-refractivity contribution >= 4 is 39.4 Å². The largest absolute Gasteiger partial charge is 0.481 e. The molecule has 1 aliphatic carbocycles. The number of carboxylic acids is 1. The van der Waals surface area contributed by atoms with Gasteiger partial charge < -0.3 is 9.84 Å².